The summed E-state index contributed by atoms with van der Waals surface area (Å²) < 4.78 is 7.53. The summed E-state index contributed by atoms with van der Waals surface area (Å²) in [6.07, 6.45) is 2.87. The van der Waals surface area contributed by atoms with Gasteiger partial charge >= 0.3 is 5.97 Å². The highest BCUT2D eigenvalue weighted by Crippen LogP contribution is 2.35. The van der Waals surface area contributed by atoms with Crippen molar-refractivity contribution in [3.8, 4) is 0 Å². The van der Waals surface area contributed by atoms with Crippen LogP contribution in [0, 0.1) is 6.92 Å². The number of hydrogen-bond donors (Lipinski definition) is 1. The van der Waals surface area contributed by atoms with Crippen LogP contribution in [-0.4, -0.2) is 38.0 Å². The van der Waals surface area contributed by atoms with Crippen molar-refractivity contribution in [2.45, 2.75) is 45.7 Å². The van der Waals surface area contributed by atoms with E-state index in [9.17, 15) is 9.59 Å². The highest BCUT2D eigenvalue weighted by atomic mass is 16.4. The highest BCUT2D eigenvalue weighted by Gasteiger charge is 2.36. The molecule has 1 aliphatic rings. The number of carbonyl (C=O) groups is 2. The number of nitrogens with zero attached hydrogens (tertiary/aromatic N) is 3. The molecule has 2 aromatic heterocycles. The highest BCUT2D eigenvalue weighted by molar-refractivity contribution is 5.98. The van der Waals surface area contributed by atoms with Crippen molar-refractivity contribution in [1.29, 1.82) is 0 Å². The maximum Gasteiger partial charge on any atom is 0.311 e. The summed E-state index contributed by atoms with van der Waals surface area (Å²) in [6.45, 7) is 5.23. The average Bonchev–Trinajstić information content (AvgIpc) is 3.37. The largest absolute Gasteiger partial charge is 0.481 e. The van der Waals surface area contributed by atoms with Gasteiger partial charge in [-0.15, -0.1) is 0 Å². The van der Waals surface area contributed by atoms with Crippen LogP contribution in [0.5, 0.6) is 0 Å². The first kappa shape index (κ1) is 18.3. The van der Waals surface area contributed by atoms with Crippen molar-refractivity contribution >= 4 is 22.9 Å². The van der Waals surface area contributed by atoms with Gasteiger partial charge in [0.05, 0.1) is 28.9 Å². The summed E-state index contributed by atoms with van der Waals surface area (Å²) in [6, 6.07) is 7.85. The molecule has 0 spiro atoms. The van der Waals surface area contributed by atoms with Gasteiger partial charge in [0.1, 0.15) is 18.0 Å². The van der Waals surface area contributed by atoms with Gasteiger partial charge in [0.25, 0.3) is 5.91 Å². The van der Waals surface area contributed by atoms with Gasteiger partial charge < -0.3 is 19.0 Å². The number of para-hydroxylation sites is 2. The number of amides is 1. The van der Waals surface area contributed by atoms with Gasteiger partial charge in [-0.3, -0.25) is 9.59 Å². The van der Waals surface area contributed by atoms with Crippen molar-refractivity contribution in [2.24, 2.45) is 0 Å². The number of fused-ring (bicyclic) bond motifs is 1. The predicted octanol–water partition coefficient (Wildman–Crippen LogP) is 3.56. The van der Waals surface area contributed by atoms with Crippen LogP contribution in [0.4, 0.5) is 0 Å². The fraction of sp³-hybridized carbons (Fsp3) is 0.381. The van der Waals surface area contributed by atoms with Gasteiger partial charge in [0.15, 0.2) is 0 Å². The van der Waals surface area contributed by atoms with Crippen molar-refractivity contribution in [1.82, 2.24) is 14.5 Å². The molecular weight excluding hydrogens is 358 g/mol. The zero-order valence-electron chi connectivity index (χ0n) is 16.0. The molecule has 1 N–H and O–H groups in total. The molecule has 3 heterocycles. The van der Waals surface area contributed by atoms with E-state index in [-0.39, 0.29) is 24.1 Å². The summed E-state index contributed by atoms with van der Waals surface area (Å²) in [5, 5.41) is 9.13. The van der Waals surface area contributed by atoms with Crippen molar-refractivity contribution in [3.63, 3.8) is 0 Å². The number of carbonyl (C=O) groups excluding carboxylic acids is 1. The molecule has 0 aliphatic carbocycles. The molecule has 1 saturated heterocycles. The van der Waals surface area contributed by atoms with Gasteiger partial charge in [-0.25, -0.2) is 4.98 Å². The van der Waals surface area contributed by atoms with Gasteiger partial charge in [0.2, 0.25) is 0 Å². The monoisotopic (exact) mass is 381 g/mol. The van der Waals surface area contributed by atoms with Crippen LogP contribution >= 0.6 is 0 Å². The van der Waals surface area contributed by atoms with Gasteiger partial charge in [-0.05, 0) is 38.8 Å². The van der Waals surface area contributed by atoms with E-state index in [1.165, 1.54) is 6.26 Å². The minimum absolute atomic E-state index is 0.133. The number of carboxylic acids is 1. The second-order valence-electron chi connectivity index (χ2n) is 7.15. The number of furan rings is 1. The molecule has 3 aromatic rings. The molecule has 7 nitrogen and oxygen atoms in total. The smallest absolute Gasteiger partial charge is 0.311 e. The summed E-state index contributed by atoms with van der Waals surface area (Å²) in [5.74, 6) is -0.103. The van der Waals surface area contributed by atoms with E-state index in [0.29, 0.717) is 17.7 Å². The third-order valence-corrected chi connectivity index (χ3v) is 5.39. The van der Waals surface area contributed by atoms with E-state index in [0.717, 1.165) is 36.2 Å². The van der Waals surface area contributed by atoms with Crippen molar-refractivity contribution < 1.29 is 19.1 Å². The average molecular weight is 381 g/mol. The number of benzene rings is 1. The zero-order chi connectivity index (χ0) is 19.8. The fourth-order valence-electron chi connectivity index (χ4n) is 4.16. The molecule has 28 heavy (non-hydrogen) atoms. The Labute approximate surface area is 162 Å². The third-order valence-electron chi connectivity index (χ3n) is 5.39. The number of likely N-dealkylation sites (tertiary alicyclic amines) is 1. The normalized spacial score (nSPS) is 16.8. The molecule has 1 fully saturated rings. The Bertz CT molecular complexity index is 1050. The number of aromatic nitrogens is 2. The fourth-order valence-corrected chi connectivity index (χ4v) is 4.16. The van der Waals surface area contributed by atoms with Crippen molar-refractivity contribution in [3.05, 3.63) is 53.2 Å². The lowest BCUT2D eigenvalue weighted by Gasteiger charge is -2.25. The molecule has 0 radical (unpaired) electrons. The molecule has 0 bridgehead atoms. The first-order valence-electron chi connectivity index (χ1n) is 9.56. The van der Waals surface area contributed by atoms with E-state index in [4.69, 9.17) is 14.5 Å². The molecule has 1 amide bonds. The second kappa shape index (κ2) is 7.14. The summed E-state index contributed by atoms with van der Waals surface area (Å²) >= 11 is 0. The number of imidazole rings is 1. The first-order valence-corrected chi connectivity index (χ1v) is 9.56. The van der Waals surface area contributed by atoms with Gasteiger partial charge in [-0.2, -0.15) is 0 Å². The van der Waals surface area contributed by atoms with Crippen LogP contribution in [-0.2, 0) is 17.8 Å². The zero-order valence-corrected chi connectivity index (χ0v) is 16.0. The van der Waals surface area contributed by atoms with Crippen LogP contribution in [0.1, 0.15) is 53.3 Å². The van der Waals surface area contributed by atoms with Gasteiger partial charge in [0, 0.05) is 18.7 Å². The Hall–Kier alpha value is -3.09. The SMILES string of the molecule is CCn1c(C2CCCN2C(=O)c2c(C)coc2CC(=O)O)nc2ccccc21. The number of carboxylic acid groups (broad SMARTS) is 1. The quantitative estimate of drug-likeness (QED) is 0.730. The Morgan fingerprint density at radius 2 is 2.11 bits per heavy atom. The van der Waals surface area contributed by atoms with Crippen LogP contribution in [0.2, 0.25) is 0 Å². The molecular formula is C21H23N3O4. The van der Waals surface area contributed by atoms with E-state index in [1.54, 1.807) is 6.92 Å². The summed E-state index contributed by atoms with van der Waals surface area (Å²) in [7, 11) is 0. The second-order valence-corrected chi connectivity index (χ2v) is 7.15. The lowest BCUT2D eigenvalue weighted by molar-refractivity contribution is -0.136. The third kappa shape index (κ3) is 2.96. The lowest BCUT2D eigenvalue weighted by atomic mass is 10.1. The minimum Gasteiger partial charge on any atom is -0.481 e. The molecule has 146 valence electrons. The topological polar surface area (TPSA) is 88.6 Å². The van der Waals surface area contributed by atoms with Crippen LogP contribution in [0.15, 0.2) is 34.9 Å². The Balaban J connectivity index is 1.73. The Morgan fingerprint density at radius 1 is 1.32 bits per heavy atom. The van der Waals surface area contributed by atoms with E-state index in [1.807, 2.05) is 29.2 Å². The molecule has 1 atom stereocenters. The van der Waals surface area contributed by atoms with E-state index >= 15 is 0 Å². The number of rotatable bonds is 5. The molecule has 1 aromatic carbocycles. The maximum absolute atomic E-state index is 13.4. The summed E-state index contributed by atoms with van der Waals surface area (Å²) in [5.41, 5.74) is 3.01. The lowest BCUT2D eigenvalue weighted by Crippen LogP contribution is -2.33. The molecule has 4 rings (SSSR count). The molecule has 1 unspecified atom stereocenters. The predicted molar refractivity (Wildman–Crippen MR) is 103 cm³/mol. The Morgan fingerprint density at radius 3 is 2.86 bits per heavy atom. The van der Waals surface area contributed by atoms with Gasteiger partial charge in [-0.1, -0.05) is 12.1 Å². The van der Waals surface area contributed by atoms with Crippen LogP contribution in [0.25, 0.3) is 11.0 Å². The van der Waals surface area contributed by atoms with E-state index in [2.05, 4.69) is 11.5 Å². The maximum atomic E-state index is 13.4. The number of aliphatic carboxylic acids is 1. The molecule has 1 aliphatic heterocycles. The minimum atomic E-state index is -1.02. The molecule has 7 heteroatoms. The standard InChI is InChI=1S/C21H23N3O4/c1-3-23-15-8-5-4-7-14(15)22-20(23)16-9-6-10-24(16)21(27)19-13(2)12-28-17(19)11-18(25)26/h4-5,7-8,12,16H,3,6,9-11H2,1-2H3,(H,25,26). The Kier molecular flexibility index (Phi) is 4.66. The van der Waals surface area contributed by atoms with E-state index < -0.39 is 5.97 Å². The van der Waals surface area contributed by atoms with Crippen LogP contribution in [0.3, 0.4) is 0 Å². The van der Waals surface area contributed by atoms with Crippen LogP contribution < -0.4 is 0 Å². The number of aryl methyl sites for hydroxylation is 2. The summed E-state index contributed by atoms with van der Waals surface area (Å²) in [4.78, 5) is 31.2. The molecule has 0 saturated carbocycles. The first-order chi connectivity index (χ1) is 13.5. The van der Waals surface area contributed by atoms with Crippen molar-refractivity contribution in [2.75, 3.05) is 6.54 Å². The number of hydrogen-bond acceptors (Lipinski definition) is 4.